The third-order valence-corrected chi connectivity index (χ3v) is 7.60. The molecule has 1 aliphatic rings. The molecule has 192 valence electrons. The molecule has 8 nitrogen and oxygen atoms in total. The molecule has 8 heteroatoms. The fourth-order valence-electron chi connectivity index (χ4n) is 5.35. The minimum Gasteiger partial charge on any atom is -0.355 e. The molecule has 1 amide bonds. The summed E-state index contributed by atoms with van der Waals surface area (Å²) in [6.07, 6.45) is 4.38. The zero-order valence-electron chi connectivity index (χ0n) is 21.8. The average molecular weight is 492 g/mol. The van der Waals surface area contributed by atoms with Gasteiger partial charge in [0.15, 0.2) is 0 Å². The Kier molecular flexibility index (Phi) is 8.04. The molecule has 1 N–H and O–H groups in total. The SMILES string of the molecule is Cc1nc2c(c(C)c1CCC(=O)NCCN1CCC(Cc3ccccc3)CC1)c(=O)n(C)c(=O)n2C. The number of likely N-dealkylation sites (tertiary alicyclic amines) is 1. The number of pyridine rings is 1. The van der Waals surface area contributed by atoms with Gasteiger partial charge in [-0.3, -0.25) is 18.7 Å². The molecular formula is C28H37N5O3. The number of piperidine rings is 1. The molecule has 1 saturated heterocycles. The van der Waals surface area contributed by atoms with E-state index in [1.807, 2.05) is 13.8 Å². The van der Waals surface area contributed by atoms with Crippen LogP contribution in [0.1, 0.15) is 41.6 Å². The molecular weight excluding hydrogens is 454 g/mol. The van der Waals surface area contributed by atoms with E-state index in [1.54, 1.807) is 7.05 Å². The first kappa shape index (κ1) is 25.8. The molecule has 2 aromatic heterocycles. The fraction of sp³-hybridized carbons (Fsp3) is 0.500. The van der Waals surface area contributed by atoms with Gasteiger partial charge < -0.3 is 10.2 Å². The van der Waals surface area contributed by atoms with Crippen LogP contribution in [0, 0.1) is 19.8 Å². The Morgan fingerprint density at radius 2 is 1.75 bits per heavy atom. The summed E-state index contributed by atoms with van der Waals surface area (Å²) in [5, 5.41) is 3.49. The summed E-state index contributed by atoms with van der Waals surface area (Å²) in [5.41, 5.74) is 3.49. The van der Waals surface area contributed by atoms with Gasteiger partial charge in [-0.1, -0.05) is 30.3 Å². The molecule has 3 aromatic rings. The maximum atomic E-state index is 12.8. The van der Waals surface area contributed by atoms with Gasteiger partial charge in [0.2, 0.25) is 5.91 Å². The summed E-state index contributed by atoms with van der Waals surface area (Å²) >= 11 is 0. The number of nitrogens with zero attached hydrogens (tertiary/aromatic N) is 4. The molecule has 0 spiro atoms. The van der Waals surface area contributed by atoms with Crippen molar-refractivity contribution in [2.75, 3.05) is 26.2 Å². The van der Waals surface area contributed by atoms with Crippen LogP contribution in [0.2, 0.25) is 0 Å². The molecule has 1 aliphatic heterocycles. The number of carbonyl (C=O) groups excluding carboxylic acids is 1. The molecule has 0 radical (unpaired) electrons. The second kappa shape index (κ2) is 11.2. The Morgan fingerprint density at radius 3 is 2.44 bits per heavy atom. The maximum absolute atomic E-state index is 12.8. The van der Waals surface area contributed by atoms with E-state index >= 15 is 0 Å². The van der Waals surface area contributed by atoms with Gasteiger partial charge in [-0.15, -0.1) is 0 Å². The summed E-state index contributed by atoms with van der Waals surface area (Å²) in [5.74, 6) is 0.737. The highest BCUT2D eigenvalue weighted by Gasteiger charge is 2.20. The van der Waals surface area contributed by atoms with Gasteiger partial charge in [0.05, 0.1) is 5.39 Å². The number of benzene rings is 1. The van der Waals surface area contributed by atoms with E-state index in [4.69, 9.17) is 0 Å². The van der Waals surface area contributed by atoms with Crippen LogP contribution in [0.5, 0.6) is 0 Å². The third kappa shape index (κ3) is 5.59. The molecule has 1 fully saturated rings. The largest absolute Gasteiger partial charge is 0.355 e. The number of rotatable bonds is 8. The van der Waals surface area contributed by atoms with Crippen LogP contribution < -0.4 is 16.6 Å². The number of aromatic nitrogens is 3. The summed E-state index contributed by atoms with van der Waals surface area (Å²) in [6.45, 7) is 7.39. The van der Waals surface area contributed by atoms with Crippen LogP contribution in [-0.4, -0.2) is 51.1 Å². The van der Waals surface area contributed by atoms with E-state index in [0.717, 1.165) is 53.4 Å². The smallest absolute Gasteiger partial charge is 0.332 e. The van der Waals surface area contributed by atoms with Gasteiger partial charge in [0, 0.05) is 39.3 Å². The third-order valence-electron chi connectivity index (χ3n) is 7.60. The summed E-state index contributed by atoms with van der Waals surface area (Å²) in [6, 6.07) is 10.7. The van der Waals surface area contributed by atoms with Crippen LogP contribution >= 0.6 is 0 Å². The second-order valence-corrected chi connectivity index (χ2v) is 10.0. The fourth-order valence-corrected chi connectivity index (χ4v) is 5.35. The molecule has 0 bridgehead atoms. The van der Waals surface area contributed by atoms with Gasteiger partial charge >= 0.3 is 5.69 Å². The lowest BCUT2D eigenvalue weighted by Gasteiger charge is -2.32. The van der Waals surface area contributed by atoms with Crippen LogP contribution in [0.4, 0.5) is 0 Å². The predicted octanol–water partition coefficient (Wildman–Crippen LogP) is 2.25. The second-order valence-electron chi connectivity index (χ2n) is 10.0. The summed E-state index contributed by atoms with van der Waals surface area (Å²) < 4.78 is 2.50. The van der Waals surface area contributed by atoms with Gasteiger partial charge in [-0.2, -0.15) is 0 Å². The minimum absolute atomic E-state index is 0.00113. The highest BCUT2D eigenvalue weighted by Crippen LogP contribution is 2.22. The van der Waals surface area contributed by atoms with Crippen LogP contribution in [0.25, 0.3) is 11.0 Å². The quantitative estimate of drug-likeness (QED) is 0.522. The number of hydrogen-bond acceptors (Lipinski definition) is 5. The lowest BCUT2D eigenvalue weighted by Crippen LogP contribution is -2.40. The number of fused-ring (bicyclic) bond motifs is 1. The first-order chi connectivity index (χ1) is 17.3. The van der Waals surface area contributed by atoms with Crippen molar-refractivity contribution in [1.82, 2.24) is 24.3 Å². The van der Waals surface area contributed by atoms with Crippen molar-refractivity contribution in [3.05, 3.63) is 73.6 Å². The summed E-state index contributed by atoms with van der Waals surface area (Å²) in [7, 11) is 3.09. The first-order valence-electron chi connectivity index (χ1n) is 12.8. The topological polar surface area (TPSA) is 89.2 Å². The number of carbonyl (C=O) groups is 1. The lowest BCUT2D eigenvalue weighted by atomic mass is 9.90. The zero-order chi connectivity index (χ0) is 25.8. The Morgan fingerprint density at radius 1 is 1.06 bits per heavy atom. The van der Waals surface area contributed by atoms with E-state index in [2.05, 4.69) is 45.5 Å². The van der Waals surface area contributed by atoms with Crippen molar-refractivity contribution >= 4 is 16.9 Å². The van der Waals surface area contributed by atoms with Gasteiger partial charge in [0.1, 0.15) is 5.65 Å². The van der Waals surface area contributed by atoms with E-state index in [-0.39, 0.29) is 11.5 Å². The maximum Gasteiger partial charge on any atom is 0.332 e. The van der Waals surface area contributed by atoms with Gasteiger partial charge in [-0.05, 0) is 75.2 Å². The molecule has 0 saturated carbocycles. The average Bonchev–Trinajstić information content (AvgIpc) is 2.87. The molecule has 0 atom stereocenters. The van der Waals surface area contributed by atoms with E-state index < -0.39 is 5.69 Å². The van der Waals surface area contributed by atoms with Crippen molar-refractivity contribution in [3.8, 4) is 0 Å². The van der Waals surface area contributed by atoms with Crippen LogP contribution in [0.15, 0.2) is 39.9 Å². The minimum atomic E-state index is -0.397. The molecule has 3 heterocycles. The lowest BCUT2D eigenvalue weighted by molar-refractivity contribution is -0.121. The number of nitrogens with one attached hydrogen (secondary N) is 1. The van der Waals surface area contributed by atoms with Crippen molar-refractivity contribution < 1.29 is 4.79 Å². The highest BCUT2D eigenvalue weighted by atomic mass is 16.2. The number of amides is 1. The monoisotopic (exact) mass is 491 g/mol. The predicted molar refractivity (Wildman–Crippen MR) is 142 cm³/mol. The molecule has 4 rings (SSSR count). The van der Waals surface area contributed by atoms with E-state index in [1.165, 1.54) is 30.0 Å². The highest BCUT2D eigenvalue weighted by molar-refractivity contribution is 5.80. The Bertz CT molecular complexity index is 1350. The summed E-state index contributed by atoms with van der Waals surface area (Å²) in [4.78, 5) is 44.5. The van der Waals surface area contributed by atoms with Crippen LogP contribution in [0.3, 0.4) is 0 Å². The first-order valence-corrected chi connectivity index (χ1v) is 12.8. The zero-order valence-corrected chi connectivity index (χ0v) is 21.8. The normalized spacial score (nSPS) is 14.9. The Balaban J connectivity index is 1.27. The van der Waals surface area contributed by atoms with Gasteiger partial charge in [0.25, 0.3) is 5.56 Å². The van der Waals surface area contributed by atoms with Crippen molar-refractivity contribution in [1.29, 1.82) is 0 Å². The molecule has 0 aliphatic carbocycles. The molecule has 1 aromatic carbocycles. The van der Waals surface area contributed by atoms with Crippen molar-refractivity contribution in [2.24, 2.45) is 20.0 Å². The Hall–Kier alpha value is -3.26. The van der Waals surface area contributed by atoms with E-state index in [9.17, 15) is 14.4 Å². The Labute approximate surface area is 212 Å². The molecule has 36 heavy (non-hydrogen) atoms. The van der Waals surface area contributed by atoms with Crippen molar-refractivity contribution in [3.63, 3.8) is 0 Å². The standard InChI is InChI=1S/C28H37N5O3/c1-19-23(20(2)30-26-25(19)27(35)32(4)28(36)31(26)3)10-11-24(34)29-14-17-33-15-12-22(13-16-33)18-21-8-6-5-7-9-21/h5-9,22H,10-18H2,1-4H3,(H,29,34). The van der Waals surface area contributed by atoms with Crippen LogP contribution in [-0.2, 0) is 31.7 Å². The number of aryl methyl sites for hydroxylation is 3. The number of hydrogen-bond donors (Lipinski definition) is 1. The van der Waals surface area contributed by atoms with Gasteiger partial charge in [-0.25, -0.2) is 9.78 Å². The van der Waals surface area contributed by atoms with Crippen molar-refractivity contribution in [2.45, 2.75) is 46.0 Å². The van der Waals surface area contributed by atoms with E-state index in [0.29, 0.717) is 30.4 Å². The molecule has 0 unspecified atom stereocenters.